The molecule has 0 aliphatic rings. The minimum Gasteiger partial charge on any atom is -0.466 e. The van der Waals surface area contributed by atoms with Crippen molar-refractivity contribution >= 4 is 28.5 Å². The third-order valence-electron chi connectivity index (χ3n) is 5.64. The Morgan fingerprint density at radius 3 is 2.64 bits per heavy atom. The number of fused-ring (bicyclic) bond motifs is 1. The van der Waals surface area contributed by atoms with Gasteiger partial charge in [0.1, 0.15) is 0 Å². The van der Waals surface area contributed by atoms with Crippen LogP contribution in [0.15, 0.2) is 72.9 Å². The number of benzene rings is 3. The maximum atomic E-state index is 13.3. The number of rotatable bonds is 7. The standard InChI is InChI=1S/C27H27N3O3/c1-3-33-26(31)16-20-8-4-5-10-24(20)29-27(32)21-14-23(19-9-6-7-18(13-19)17-28)22-11-12-30(2)25(22)15-21/h4-15H,3,16-17,28H2,1-2H3,(H,29,32). The van der Waals surface area contributed by atoms with Crippen LogP contribution in [0.3, 0.4) is 0 Å². The lowest BCUT2D eigenvalue weighted by Gasteiger charge is -2.13. The summed E-state index contributed by atoms with van der Waals surface area (Å²) in [4.78, 5) is 25.3. The molecule has 1 aromatic heterocycles. The number of carbonyl (C=O) groups excluding carboxylic acids is 2. The molecule has 6 heteroatoms. The molecule has 6 nitrogen and oxygen atoms in total. The number of ether oxygens (including phenoxy) is 1. The first kappa shape index (κ1) is 22.3. The number of esters is 1. The number of hydrogen-bond donors (Lipinski definition) is 2. The molecule has 1 heterocycles. The summed E-state index contributed by atoms with van der Waals surface area (Å²) in [5.41, 5.74) is 11.6. The van der Waals surface area contributed by atoms with Gasteiger partial charge < -0.3 is 20.4 Å². The fourth-order valence-corrected chi connectivity index (χ4v) is 3.97. The van der Waals surface area contributed by atoms with Crippen molar-refractivity contribution in [1.82, 2.24) is 4.57 Å². The van der Waals surface area contributed by atoms with Gasteiger partial charge in [0.05, 0.1) is 13.0 Å². The van der Waals surface area contributed by atoms with Gasteiger partial charge in [-0.3, -0.25) is 9.59 Å². The summed E-state index contributed by atoms with van der Waals surface area (Å²) in [7, 11) is 1.96. The molecule has 0 spiro atoms. The number of anilines is 1. The van der Waals surface area contributed by atoms with Gasteiger partial charge in [-0.05, 0) is 59.5 Å². The van der Waals surface area contributed by atoms with E-state index in [1.165, 1.54) is 0 Å². The van der Waals surface area contributed by atoms with Crippen molar-refractivity contribution in [2.24, 2.45) is 12.8 Å². The van der Waals surface area contributed by atoms with Gasteiger partial charge in [0.15, 0.2) is 0 Å². The van der Waals surface area contributed by atoms with E-state index in [4.69, 9.17) is 10.5 Å². The van der Waals surface area contributed by atoms with Crippen LogP contribution in [0.4, 0.5) is 5.69 Å². The lowest BCUT2D eigenvalue weighted by molar-refractivity contribution is -0.142. The molecule has 1 amide bonds. The highest BCUT2D eigenvalue weighted by Crippen LogP contribution is 2.32. The van der Waals surface area contributed by atoms with Crippen LogP contribution in [0.25, 0.3) is 22.0 Å². The molecule has 168 valence electrons. The molecule has 33 heavy (non-hydrogen) atoms. The van der Waals surface area contributed by atoms with Gasteiger partial charge in [0.25, 0.3) is 5.91 Å². The third-order valence-corrected chi connectivity index (χ3v) is 5.64. The Balaban J connectivity index is 1.72. The van der Waals surface area contributed by atoms with Gasteiger partial charge in [-0.25, -0.2) is 0 Å². The van der Waals surface area contributed by atoms with E-state index in [2.05, 4.69) is 17.4 Å². The predicted octanol–water partition coefficient (Wildman–Crippen LogP) is 4.66. The number of hydrogen-bond acceptors (Lipinski definition) is 4. The molecule has 0 fully saturated rings. The van der Waals surface area contributed by atoms with Gasteiger partial charge in [-0.15, -0.1) is 0 Å². The zero-order valence-electron chi connectivity index (χ0n) is 18.8. The molecule has 0 aliphatic carbocycles. The number of aromatic nitrogens is 1. The Kier molecular flexibility index (Phi) is 6.56. The molecule has 0 radical (unpaired) electrons. The number of para-hydroxylation sites is 1. The number of carbonyl (C=O) groups is 2. The van der Waals surface area contributed by atoms with E-state index in [1.54, 1.807) is 13.0 Å². The second-order valence-corrected chi connectivity index (χ2v) is 7.88. The first-order valence-corrected chi connectivity index (χ1v) is 10.9. The Bertz CT molecular complexity index is 1320. The molecular formula is C27H27N3O3. The Morgan fingerprint density at radius 1 is 1.03 bits per heavy atom. The second-order valence-electron chi connectivity index (χ2n) is 7.88. The number of nitrogens with one attached hydrogen (secondary N) is 1. The van der Waals surface area contributed by atoms with Crippen LogP contribution in [-0.4, -0.2) is 23.1 Å². The van der Waals surface area contributed by atoms with Crippen LogP contribution in [0.2, 0.25) is 0 Å². The van der Waals surface area contributed by atoms with E-state index < -0.39 is 0 Å². The van der Waals surface area contributed by atoms with Crippen molar-refractivity contribution in [2.45, 2.75) is 19.9 Å². The number of amides is 1. The summed E-state index contributed by atoms with van der Waals surface area (Å²) in [5.74, 6) is -0.572. The summed E-state index contributed by atoms with van der Waals surface area (Å²) >= 11 is 0. The van der Waals surface area contributed by atoms with E-state index in [9.17, 15) is 9.59 Å². The van der Waals surface area contributed by atoms with Crippen LogP contribution in [0.1, 0.15) is 28.4 Å². The lowest BCUT2D eigenvalue weighted by Crippen LogP contribution is -2.15. The van der Waals surface area contributed by atoms with Crippen LogP contribution < -0.4 is 11.1 Å². The second kappa shape index (κ2) is 9.71. The smallest absolute Gasteiger partial charge is 0.310 e. The molecule has 4 aromatic rings. The van der Waals surface area contributed by atoms with Crippen molar-refractivity contribution in [3.05, 3.63) is 89.6 Å². The summed E-state index contributed by atoms with van der Waals surface area (Å²) in [5, 5.41) is 4.04. The van der Waals surface area contributed by atoms with Gasteiger partial charge in [0.2, 0.25) is 0 Å². The summed E-state index contributed by atoms with van der Waals surface area (Å²) < 4.78 is 7.06. The van der Waals surface area contributed by atoms with E-state index in [-0.39, 0.29) is 18.3 Å². The fraction of sp³-hybridized carbons (Fsp3) is 0.185. The zero-order chi connectivity index (χ0) is 23.4. The van der Waals surface area contributed by atoms with Crippen molar-refractivity contribution < 1.29 is 14.3 Å². The Morgan fingerprint density at radius 2 is 1.85 bits per heavy atom. The average molecular weight is 442 g/mol. The first-order valence-electron chi connectivity index (χ1n) is 10.9. The highest BCUT2D eigenvalue weighted by Gasteiger charge is 2.16. The minimum atomic E-state index is -0.327. The monoisotopic (exact) mass is 441 g/mol. The zero-order valence-corrected chi connectivity index (χ0v) is 18.8. The molecule has 4 rings (SSSR count). The van der Waals surface area contributed by atoms with Gasteiger partial charge in [-0.1, -0.05) is 36.4 Å². The van der Waals surface area contributed by atoms with Crippen LogP contribution in [0, 0.1) is 0 Å². The minimum absolute atomic E-state index is 0.0955. The van der Waals surface area contributed by atoms with Crippen molar-refractivity contribution in [1.29, 1.82) is 0 Å². The molecule has 3 aromatic carbocycles. The van der Waals surface area contributed by atoms with E-state index in [0.717, 1.165) is 27.6 Å². The van der Waals surface area contributed by atoms with Gasteiger partial charge in [0, 0.05) is 41.9 Å². The van der Waals surface area contributed by atoms with E-state index in [0.29, 0.717) is 30.0 Å². The van der Waals surface area contributed by atoms with Gasteiger partial charge in [-0.2, -0.15) is 0 Å². The molecule has 0 saturated carbocycles. The molecule has 0 aliphatic heterocycles. The molecule has 3 N–H and O–H groups in total. The van der Waals surface area contributed by atoms with Crippen LogP contribution in [-0.2, 0) is 29.5 Å². The van der Waals surface area contributed by atoms with Crippen molar-refractivity contribution in [3.8, 4) is 11.1 Å². The van der Waals surface area contributed by atoms with Crippen molar-refractivity contribution in [3.63, 3.8) is 0 Å². The first-order chi connectivity index (χ1) is 16.0. The maximum absolute atomic E-state index is 13.3. The molecule has 0 saturated heterocycles. The average Bonchev–Trinajstić information content (AvgIpc) is 3.20. The van der Waals surface area contributed by atoms with Gasteiger partial charge >= 0.3 is 5.97 Å². The number of nitrogens with zero attached hydrogens (tertiary/aromatic N) is 1. The SMILES string of the molecule is CCOC(=O)Cc1ccccc1NC(=O)c1cc(-c2cccc(CN)c2)c2ccn(C)c2c1. The van der Waals surface area contributed by atoms with Crippen molar-refractivity contribution in [2.75, 3.05) is 11.9 Å². The molecular weight excluding hydrogens is 414 g/mol. The Hall–Kier alpha value is -3.90. The summed E-state index contributed by atoms with van der Waals surface area (Å²) in [6.07, 6.45) is 2.08. The largest absolute Gasteiger partial charge is 0.466 e. The number of aryl methyl sites for hydroxylation is 1. The molecule has 0 atom stereocenters. The topological polar surface area (TPSA) is 86.3 Å². The lowest BCUT2D eigenvalue weighted by atomic mass is 9.97. The van der Waals surface area contributed by atoms with Crippen LogP contribution in [0.5, 0.6) is 0 Å². The van der Waals surface area contributed by atoms with E-state index in [1.807, 2.05) is 66.3 Å². The third kappa shape index (κ3) is 4.81. The molecule has 0 unspecified atom stereocenters. The predicted molar refractivity (Wildman–Crippen MR) is 131 cm³/mol. The van der Waals surface area contributed by atoms with E-state index >= 15 is 0 Å². The summed E-state index contributed by atoms with van der Waals surface area (Å²) in [6.45, 7) is 2.54. The maximum Gasteiger partial charge on any atom is 0.310 e. The molecule has 0 bridgehead atoms. The normalized spacial score (nSPS) is 10.9. The highest BCUT2D eigenvalue weighted by atomic mass is 16.5. The quantitative estimate of drug-likeness (QED) is 0.408. The summed E-state index contributed by atoms with van der Waals surface area (Å²) in [6, 6.07) is 21.2. The van der Waals surface area contributed by atoms with Crippen LogP contribution >= 0.6 is 0 Å². The Labute approximate surface area is 193 Å². The number of nitrogens with two attached hydrogens (primary N) is 1. The fourth-order valence-electron chi connectivity index (χ4n) is 3.97. The highest BCUT2D eigenvalue weighted by molar-refractivity contribution is 6.09.